The fourth-order valence-corrected chi connectivity index (χ4v) is 2.50. The molecule has 2 rings (SSSR count). The molecule has 2 aromatic rings. The normalized spacial score (nSPS) is 10.2. The molecule has 2 N–H and O–H groups in total. The number of hydrogen-bond acceptors (Lipinski definition) is 2. The number of nitrogens with zero attached hydrogens (tertiary/aromatic N) is 1. The molecule has 0 aliphatic carbocycles. The van der Waals surface area contributed by atoms with Gasteiger partial charge in [0.25, 0.3) is 0 Å². The minimum Gasteiger partial charge on any atom is -0.383 e. The standard InChI is InChI=1S/C13H10BrIN2/c1-8(9-5-3-2-4-6-9)11-12(14)10(15)7-17-13(11)16/h2-7H,1H2,(H2,16,17). The number of halogens is 2. The van der Waals surface area contributed by atoms with Crippen molar-refractivity contribution in [3.63, 3.8) is 0 Å². The molecular weight excluding hydrogens is 391 g/mol. The summed E-state index contributed by atoms with van der Waals surface area (Å²) in [4.78, 5) is 4.17. The molecule has 0 aliphatic rings. The Hall–Kier alpha value is -0.880. The lowest BCUT2D eigenvalue weighted by Gasteiger charge is -2.12. The first-order valence-corrected chi connectivity index (χ1v) is 6.82. The van der Waals surface area contributed by atoms with Crippen LogP contribution in [0.3, 0.4) is 0 Å². The summed E-state index contributed by atoms with van der Waals surface area (Å²) < 4.78 is 1.96. The van der Waals surface area contributed by atoms with Crippen LogP contribution in [0.25, 0.3) is 5.57 Å². The molecule has 0 aliphatic heterocycles. The van der Waals surface area contributed by atoms with Crippen LogP contribution < -0.4 is 5.73 Å². The molecule has 1 heterocycles. The van der Waals surface area contributed by atoms with E-state index in [1.165, 1.54) is 0 Å². The Bertz CT molecular complexity index is 567. The van der Waals surface area contributed by atoms with Crippen LogP contribution in [-0.4, -0.2) is 4.98 Å². The van der Waals surface area contributed by atoms with Gasteiger partial charge in [0.1, 0.15) is 5.82 Å². The van der Waals surface area contributed by atoms with Crippen molar-refractivity contribution in [2.75, 3.05) is 5.73 Å². The van der Waals surface area contributed by atoms with E-state index in [1.54, 1.807) is 6.20 Å². The molecule has 0 fully saturated rings. The van der Waals surface area contributed by atoms with Crippen LogP contribution >= 0.6 is 38.5 Å². The summed E-state index contributed by atoms with van der Waals surface area (Å²) in [5.74, 6) is 0.492. The van der Waals surface area contributed by atoms with Crippen LogP contribution in [0.1, 0.15) is 11.1 Å². The minimum absolute atomic E-state index is 0.492. The summed E-state index contributed by atoms with van der Waals surface area (Å²) in [6.07, 6.45) is 1.74. The van der Waals surface area contributed by atoms with Crippen molar-refractivity contribution in [2.24, 2.45) is 0 Å². The van der Waals surface area contributed by atoms with Gasteiger partial charge in [-0.3, -0.25) is 0 Å². The number of aromatic nitrogens is 1. The Morgan fingerprint density at radius 3 is 2.59 bits per heavy atom. The molecule has 0 amide bonds. The molecule has 0 saturated heterocycles. The van der Waals surface area contributed by atoms with Gasteiger partial charge in [0.2, 0.25) is 0 Å². The van der Waals surface area contributed by atoms with Gasteiger partial charge in [0, 0.05) is 19.8 Å². The Labute approximate surface area is 122 Å². The lowest BCUT2D eigenvalue weighted by molar-refractivity contribution is 1.28. The first-order chi connectivity index (χ1) is 8.11. The highest BCUT2D eigenvalue weighted by atomic mass is 127. The topological polar surface area (TPSA) is 38.9 Å². The van der Waals surface area contributed by atoms with Crippen LogP contribution in [0.15, 0.2) is 47.6 Å². The highest BCUT2D eigenvalue weighted by Gasteiger charge is 2.13. The van der Waals surface area contributed by atoms with Gasteiger partial charge in [0.05, 0.1) is 0 Å². The van der Waals surface area contributed by atoms with Gasteiger partial charge in [0.15, 0.2) is 0 Å². The van der Waals surface area contributed by atoms with E-state index in [0.717, 1.165) is 24.7 Å². The molecule has 17 heavy (non-hydrogen) atoms. The number of nitrogens with two attached hydrogens (primary N) is 1. The van der Waals surface area contributed by atoms with Crippen LogP contribution in [0.4, 0.5) is 5.82 Å². The van der Waals surface area contributed by atoms with Crippen LogP contribution in [0.5, 0.6) is 0 Å². The lowest BCUT2D eigenvalue weighted by Crippen LogP contribution is -2.00. The maximum atomic E-state index is 5.92. The second-order valence-corrected chi connectivity index (χ2v) is 5.48. The van der Waals surface area contributed by atoms with Gasteiger partial charge < -0.3 is 5.73 Å². The van der Waals surface area contributed by atoms with Gasteiger partial charge in [-0.1, -0.05) is 36.9 Å². The molecule has 1 aromatic heterocycles. The zero-order valence-electron chi connectivity index (χ0n) is 8.95. The maximum Gasteiger partial charge on any atom is 0.132 e. The molecule has 2 nitrogen and oxygen atoms in total. The molecule has 0 spiro atoms. The van der Waals surface area contributed by atoms with Crippen molar-refractivity contribution in [2.45, 2.75) is 0 Å². The zero-order chi connectivity index (χ0) is 12.4. The van der Waals surface area contributed by atoms with Crippen molar-refractivity contribution < 1.29 is 0 Å². The molecule has 1 aromatic carbocycles. The predicted octanol–water partition coefficient (Wildman–Crippen LogP) is 4.09. The number of anilines is 1. The van der Waals surface area contributed by atoms with Crippen LogP contribution in [0, 0.1) is 3.57 Å². The van der Waals surface area contributed by atoms with Crippen molar-refractivity contribution in [1.29, 1.82) is 0 Å². The third kappa shape index (κ3) is 2.52. The van der Waals surface area contributed by atoms with E-state index >= 15 is 0 Å². The van der Waals surface area contributed by atoms with Gasteiger partial charge in [-0.05, 0) is 49.7 Å². The Balaban J connectivity index is 2.56. The van der Waals surface area contributed by atoms with E-state index in [2.05, 4.69) is 50.1 Å². The Morgan fingerprint density at radius 2 is 1.94 bits per heavy atom. The minimum atomic E-state index is 0.492. The summed E-state index contributed by atoms with van der Waals surface area (Å²) in [7, 11) is 0. The first kappa shape index (κ1) is 12.6. The first-order valence-electron chi connectivity index (χ1n) is 4.95. The summed E-state index contributed by atoms with van der Waals surface area (Å²) >= 11 is 5.75. The van der Waals surface area contributed by atoms with E-state index in [4.69, 9.17) is 5.73 Å². The molecule has 0 saturated carbocycles. The maximum absolute atomic E-state index is 5.92. The van der Waals surface area contributed by atoms with Gasteiger partial charge in [-0.2, -0.15) is 0 Å². The van der Waals surface area contributed by atoms with E-state index in [0.29, 0.717) is 5.82 Å². The number of hydrogen-bond donors (Lipinski definition) is 1. The van der Waals surface area contributed by atoms with E-state index in [-0.39, 0.29) is 0 Å². The summed E-state index contributed by atoms with van der Waals surface area (Å²) in [6, 6.07) is 9.95. The summed E-state index contributed by atoms with van der Waals surface area (Å²) in [5, 5.41) is 0. The number of rotatable bonds is 2. The average molecular weight is 401 g/mol. The summed E-state index contributed by atoms with van der Waals surface area (Å²) in [5.41, 5.74) is 8.71. The molecule has 4 heteroatoms. The third-order valence-electron chi connectivity index (χ3n) is 2.43. The highest BCUT2D eigenvalue weighted by molar-refractivity contribution is 14.1. The van der Waals surface area contributed by atoms with Crippen molar-refractivity contribution in [1.82, 2.24) is 4.98 Å². The number of pyridine rings is 1. The fraction of sp³-hybridized carbons (Fsp3) is 0. The second-order valence-electron chi connectivity index (χ2n) is 3.52. The smallest absolute Gasteiger partial charge is 0.132 e. The van der Waals surface area contributed by atoms with E-state index in [1.807, 2.05) is 30.3 Å². The molecule has 0 radical (unpaired) electrons. The number of benzene rings is 1. The quantitative estimate of drug-likeness (QED) is 0.771. The average Bonchev–Trinajstić information content (AvgIpc) is 2.35. The highest BCUT2D eigenvalue weighted by Crippen LogP contribution is 2.34. The number of nitrogen functional groups attached to an aromatic ring is 1. The predicted molar refractivity (Wildman–Crippen MR) is 83.6 cm³/mol. The van der Waals surface area contributed by atoms with Crippen molar-refractivity contribution in [3.05, 3.63) is 62.3 Å². The third-order valence-corrected chi connectivity index (χ3v) is 4.81. The lowest BCUT2D eigenvalue weighted by atomic mass is 10.0. The van der Waals surface area contributed by atoms with Crippen molar-refractivity contribution in [3.8, 4) is 0 Å². The van der Waals surface area contributed by atoms with Gasteiger partial charge >= 0.3 is 0 Å². The van der Waals surface area contributed by atoms with Gasteiger partial charge in [-0.25, -0.2) is 4.98 Å². The molecule has 86 valence electrons. The zero-order valence-corrected chi connectivity index (χ0v) is 12.7. The van der Waals surface area contributed by atoms with E-state index in [9.17, 15) is 0 Å². The van der Waals surface area contributed by atoms with Crippen LogP contribution in [0.2, 0.25) is 0 Å². The Kier molecular flexibility index (Phi) is 3.83. The molecule has 0 atom stereocenters. The molecule has 0 unspecified atom stereocenters. The Morgan fingerprint density at radius 1 is 1.29 bits per heavy atom. The SMILES string of the molecule is C=C(c1ccccc1)c1c(N)ncc(I)c1Br. The largest absolute Gasteiger partial charge is 0.383 e. The monoisotopic (exact) mass is 400 g/mol. The second kappa shape index (κ2) is 5.18. The fourth-order valence-electron chi connectivity index (χ4n) is 1.55. The van der Waals surface area contributed by atoms with Crippen molar-refractivity contribution >= 4 is 49.9 Å². The van der Waals surface area contributed by atoms with Crippen LogP contribution in [-0.2, 0) is 0 Å². The summed E-state index contributed by atoms with van der Waals surface area (Å²) in [6.45, 7) is 4.10. The molecule has 0 bridgehead atoms. The molecular formula is C13H10BrIN2. The van der Waals surface area contributed by atoms with Gasteiger partial charge in [-0.15, -0.1) is 0 Å². The van der Waals surface area contributed by atoms with E-state index < -0.39 is 0 Å².